The van der Waals surface area contributed by atoms with Crippen LogP contribution in [0.3, 0.4) is 0 Å². The number of aromatic hydroxyl groups is 2. The number of carboxylic acids is 1. The molecule has 4 N–H and O–H groups in total. The third kappa shape index (κ3) is 4.51. The first-order chi connectivity index (χ1) is 10.9. The number of ether oxygens (including phenoxy) is 1. The van der Waals surface area contributed by atoms with Gasteiger partial charge in [0.2, 0.25) is 0 Å². The molecular formula is C16H21NO6. The number of phenols is 2. The fourth-order valence-electron chi connectivity index (χ4n) is 2.79. The molecule has 0 spiro atoms. The fourth-order valence-corrected chi connectivity index (χ4v) is 2.79. The maximum Gasteiger partial charge on any atom is 0.408 e. The predicted octanol–water partition coefficient (Wildman–Crippen LogP) is 2.32. The zero-order chi connectivity index (χ0) is 17.0. The van der Waals surface area contributed by atoms with Crippen molar-refractivity contribution in [2.24, 2.45) is 0 Å². The van der Waals surface area contributed by atoms with Crippen molar-refractivity contribution in [1.82, 2.24) is 5.32 Å². The Morgan fingerprint density at radius 3 is 2.43 bits per heavy atom. The summed E-state index contributed by atoms with van der Waals surface area (Å²) >= 11 is 0. The largest absolute Gasteiger partial charge is 0.508 e. The Bertz CT molecular complexity index is 580. The van der Waals surface area contributed by atoms with Gasteiger partial charge in [-0.15, -0.1) is 0 Å². The summed E-state index contributed by atoms with van der Waals surface area (Å²) in [6.45, 7) is 1.37. The smallest absolute Gasteiger partial charge is 0.408 e. The van der Waals surface area contributed by atoms with Gasteiger partial charge in [0.05, 0.1) is 0 Å². The molecule has 0 saturated heterocycles. The highest BCUT2D eigenvalue weighted by atomic mass is 16.6. The average molecular weight is 323 g/mol. The average Bonchev–Trinajstić information content (AvgIpc) is 2.48. The first-order valence-corrected chi connectivity index (χ1v) is 7.58. The minimum Gasteiger partial charge on any atom is -0.508 e. The van der Waals surface area contributed by atoms with E-state index in [0.717, 1.165) is 18.4 Å². The Morgan fingerprint density at radius 2 is 1.87 bits per heavy atom. The van der Waals surface area contributed by atoms with Crippen LogP contribution in [0.25, 0.3) is 0 Å². The Labute approximate surface area is 133 Å². The van der Waals surface area contributed by atoms with Crippen LogP contribution >= 0.6 is 0 Å². The lowest BCUT2D eigenvalue weighted by molar-refractivity contribution is -0.138. The molecule has 23 heavy (non-hydrogen) atoms. The summed E-state index contributed by atoms with van der Waals surface area (Å²) in [4.78, 5) is 22.3. The Morgan fingerprint density at radius 1 is 1.22 bits per heavy atom. The number of phenolic OH excluding ortho intramolecular Hbond substituents is 2. The van der Waals surface area contributed by atoms with Gasteiger partial charge in [0.25, 0.3) is 0 Å². The highest BCUT2D eigenvalue weighted by molar-refractivity contribution is 5.79. The molecule has 7 nitrogen and oxygen atoms in total. The number of alkyl carbamates (subject to hydrolysis) is 1. The van der Waals surface area contributed by atoms with Crippen molar-refractivity contribution >= 4 is 12.1 Å². The number of hydrogen-bond donors (Lipinski definition) is 4. The number of nitrogens with one attached hydrogen (secondary N) is 1. The molecule has 0 unspecified atom stereocenters. The summed E-state index contributed by atoms with van der Waals surface area (Å²) < 4.78 is 5.23. The number of rotatable bonds is 4. The molecule has 1 aromatic rings. The maximum absolute atomic E-state index is 11.6. The van der Waals surface area contributed by atoms with E-state index in [4.69, 9.17) is 9.84 Å². The number of amides is 1. The van der Waals surface area contributed by atoms with Gasteiger partial charge in [-0.1, -0.05) is 6.07 Å². The van der Waals surface area contributed by atoms with Crippen LogP contribution in [0.15, 0.2) is 18.2 Å². The van der Waals surface area contributed by atoms with Crippen molar-refractivity contribution in [3.63, 3.8) is 0 Å². The summed E-state index contributed by atoms with van der Waals surface area (Å²) in [7, 11) is 0. The van der Waals surface area contributed by atoms with Crippen LogP contribution in [0.1, 0.15) is 44.1 Å². The first-order valence-electron chi connectivity index (χ1n) is 7.58. The van der Waals surface area contributed by atoms with Crippen LogP contribution in [0, 0.1) is 0 Å². The SMILES string of the molecule is C[C@H](NC(=O)OC1CCC(c2ccc(O)cc2O)CC1)C(=O)O. The number of carboxylic acid groups (broad SMARTS) is 1. The molecular weight excluding hydrogens is 302 g/mol. The highest BCUT2D eigenvalue weighted by Gasteiger charge is 2.27. The van der Waals surface area contributed by atoms with E-state index >= 15 is 0 Å². The molecule has 0 radical (unpaired) electrons. The Kier molecular flexibility index (Phi) is 5.31. The van der Waals surface area contributed by atoms with Gasteiger partial charge in [-0.3, -0.25) is 4.79 Å². The van der Waals surface area contributed by atoms with E-state index in [9.17, 15) is 19.8 Å². The van der Waals surface area contributed by atoms with Gasteiger partial charge in [-0.25, -0.2) is 4.79 Å². The van der Waals surface area contributed by atoms with Crippen LogP contribution in [-0.4, -0.2) is 39.5 Å². The number of aliphatic carboxylic acids is 1. The second-order valence-corrected chi connectivity index (χ2v) is 5.83. The monoisotopic (exact) mass is 323 g/mol. The van der Waals surface area contributed by atoms with E-state index in [0.29, 0.717) is 12.8 Å². The molecule has 0 aliphatic heterocycles. The molecule has 0 heterocycles. The second kappa shape index (κ2) is 7.21. The fraction of sp³-hybridized carbons (Fsp3) is 0.500. The maximum atomic E-state index is 11.6. The van der Waals surface area contributed by atoms with Crippen LogP contribution in [-0.2, 0) is 9.53 Å². The molecule has 2 rings (SSSR count). The molecule has 1 atom stereocenters. The van der Waals surface area contributed by atoms with Crippen LogP contribution in [0.2, 0.25) is 0 Å². The van der Waals surface area contributed by atoms with Crippen molar-refractivity contribution in [2.45, 2.75) is 50.7 Å². The topological polar surface area (TPSA) is 116 Å². The van der Waals surface area contributed by atoms with Crippen LogP contribution in [0.4, 0.5) is 4.79 Å². The zero-order valence-electron chi connectivity index (χ0n) is 12.9. The van der Waals surface area contributed by atoms with Gasteiger partial charge in [0, 0.05) is 6.07 Å². The molecule has 1 fully saturated rings. The van der Waals surface area contributed by atoms with Gasteiger partial charge in [-0.05, 0) is 50.2 Å². The van der Waals surface area contributed by atoms with E-state index in [1.54, 1.807) is 12.1 Å². The van der Waals surface area contributed by atoms with Crippen molar-refractivity contribution in [1.29, 1.82) is 0 Å². The van der Waals surface area contributed by atoms with Gasteiger partial charge in [-0.2, -0.15) is 0 Å². The summed E-state index contributed by atoms with van der Waals surface area (Å²) in [6.07, 6.45) is 1.78. The highest BCUT2D eigenvalue weighted by Crippen LogP contribution is 2.39. The lowest BCUT2D eigenvalue weighted by atomic mass is 9.82. The number of carbonyl (C=O) groups is 2. The van der Waals surface area contributed by atoms with Crippen LogP contribution in [0.5, 0.6) is 11.5 Å². The van der Waals surface area contributed by atoms with Gasteiger partial charge in [0.15, 0.2) is 0 Å². The Hall–Kier alpha value is -2.44. The summed E-state index contributed by atoms with van der Waals surface area (Å²) in [6, 6.07) is 3.57. The summed E-state index contributed by atoms with van der Waals surface area (Å²) in [5.41, 5.74) is 0.783. The quantitative estimate of drug-likeness (QED) is 0.676. The third-order valence-electron chi connectivity index (χ3n) is 4.11. The molecule has 1 aliphatic rings. The van der Waals surface area contributed by atoms with Gasteiger partial charge in [0.1, 0.15) is 23.6 Å². The molecule has 1 aliphatic carbocycles. The van der Waals surface area contributed by atoms with E-state index in [1.165, 1.54) is 13.0 Å². The molecule has 0 aromatic heterocycles. The number of hydrogen-bond acceptors (Lipinski definition) is 5. The predicted molar refractivity (Wildman–Crippen MR) is 81.5 cm³/mol. The number of benzene rings is 1. The van der Waals surface area contributed by atoms with E-state index < -0.39 is 18.1 Å². The normalized spacial score (nSPS) is 22.1. The van der Waals surface area contributed by atoms with Crippen molar-refractivity contribution in [2.75, 3.05) is 0 Å². The minimum absolute atomic E-state index is 0.0208. The minimum atomic E-state index is -1.12. The standard InChI is InChI=1S/C16H21NO6/c1-9(15(20)21)17-16(22)23-12-5-2-10(3-6-12)13-7-4-11(18)8-14(13)19/h4,7-10,12,18-19H,2-3,5-6H2,1H3,(H,17,22)(H,20,21)/t9-,10?,12?/m0/s1. The van der Waals surface area contributed by atoms with E-state index in [-0.39, 0.29) is 23.5 Å². The van der Waals surface area contributed by atoms with Gasteiger partial charge < -0.3 is 25.4 Å². The molecule has 126 valence electrons. The van der Waals surface area contributed by atoms with Gasteiger partial charge >= 0.3 is 12.1 Å². The molecule has 1 amide bonds. The summed E-state index contributed by atoms with van der Waals surface area (Å²) in [5.74, 6) is -0.875. The van der Waals surface area contributed by atoms with Crippen LogP contribution < -0.4 is 5.32 Å². The first kappa shape index (κ1) is 16.9. The lowest BCUT2D eigenvalue weighted by Gasteiger charge is -2.29. The van der Waals surface area contributed by atoms with E-state index in [2.05, 4.69) is 5.32 Å². The second-order valence-electron chi connectivity index (χ2n) is 5.83. The third-order valence-corrected chi connectivity index (χ3v) is 4.11. The van der Waals surface area contributed by atoms with Crippen molar-refractivity contribution in [3.8, 4) is 11.5 Å². The van der Waals surface area contributed by atoms with Crippen molar-refractivity contribution in [3.05, 3.63) is 23.8 Å². The molecule has 7 heteroatoms. The zero-order valence-corrected chi connectivity index (χ0v) is 12.9. The van der Waals surface area contributed by atoms with E-state index in [1.807, 2.05) is 0 Å². The Balaban J connectivity index is 1.84. The number of carbonyl (C=O) groups excluding carboxylic acids is 1. The molecule has 1 saturated carbocycles. The molecule has 1 aromatic carbocycles. The lowest BCUT2D eigenvalue weighted by Crippen LogP contribution is -2.40. The molecule has 0 bridgehead atoms. The van der Waals surface area contributed by atoms with Crippen molar-refractivity contribution < 1.29 is 29.6 Å². The summed E-state index contributed by atoms with van der Waals surface area (Å²) in [5, 5.41) is 30.2.